The summed E-state index contributed by atoms with van der Waals surface area (Å²) in [6.45, 7) is 5.29. The van der Waals surface area contributed by atoms with E-state index >= 15 is 0 Å². The van der Waals surface area contributed by atoms with Crippen LogP contribution in [-0.4, -0.2) is 24.1 Å². The van der Waals surface area contributed by atoms with Crippen molar-refractivity contribution in [1.82, 2.24) is 0 Å². The van der Waals surface area contributed by atoms with Crippen LogP contribution in [0.4, 0.5) is 17.1 Å². The zero-order valence-electron chi connectivity index (χ0n) is 18.4. The van der Waals surface area contributed by atoms with Gasteiger partial charge in [-0.15, -0.1) is 11.8 Å². The van der Waals surface area contributed by atoms with Crippen LogP contribution in [-0.2, 0) is 0 Å². The summed E-state index contributed by atoms with van der Waals surface area (Å²) in [5.74, 6) is 0.906. The minimum absolute atomic E-state index is 0.141. The van der Waals surface area contributed by atoms with E-state index in [9.17, 15) is 0 Å². The van der Waals surface area contributed by atoms with Gasteiger partial charge < -0.3 is 10.6 Å². The second-order valence-electron chi connectivity index (χ2n) is 8.15. The molecule has 1 aliphatic heterocycles. The largest absolute Gasteiger partial charge is 0.339 e. The van der Waals surface area contributed by atoms with Crippen molar-refractivity contribution in [3.8, 4) is 11.1 Å². The van der Waals surface area contributed by atoms with E-state index < -0.39 is 0 Å². The van der Waals surface area contributed by atoms with Crippen molar-refractivity contribution >= 4 is 35.0 Å². The molecule has 0 fully saturated rings. The first-order chi connectivity index (χ1) is 15.1. The van der Waals surface area contributed by atoms with E-state index in [1.807, 2.05) is 18.0 Å². The van der Waals surface area contributed by atoms with Crippen LogP contribution in [0.3, 0.4) is 0 Å². The molecule has 0 bridgehead atoms. The van der Waals surface area contributed by atoms with Crippen LogP contribution in [0.15, 0.2) is 82.7 Å². The summed E-state index contributed by atoms with van der Waals surface area (Å²) in [6, 6.07) is 25.9. The van der Waals surface area contributed by atoms with Crippen LogP contribution in [0, 0.1) is 0 Å². The lowest BCUT2D eigenvalue weighted by molar-refractivity contribution is 0.446. The van der Waals surface area contributed by atoms with E-state index in [1.165, 1.54) is 21.7 Å². The summed E-state index contributed by atoms with van der Waals surface area (Å²) in [4.78, 5) is 8.32. The zero-order chi connectivity index (χ0) is 21.7. The molecular formula is C27H31N3S. The minimum Gasteiger partial charge on any atom is -0.339 e. The highest BCUT2D eigenvalue weighted by molar-refractivity contribution is 7.99. The van der Waals surface area contributed by atoms with Crippen molar-refractivity contribution in [2.75, 3.05) is 17.2 Å². The Morgan fingerprint density at radius 2 is 1.71 bits per heavy atom. The van der Waals surface area contributed by atoms with Gasteiger partial charge in [-0.3, -0.25) is 4.99 Å². The maximum absolute atomic E-state index is 6.65. The van der Waals surface area contributed by atoms with Gasteiger partial charge in [0.15, 0.2) is 0 Å². The molecular weight excluding hydrogens is 398 g/mol. The number of nitrogens with two attached hydrogens (primary N) is 1. The van der Waals surface area contributed by atoms with Crippen molar-refractivity contribution < 1.29 is 0 Å². The van der Waals surface area contributed by atoms with Gasteiger partial charge in [0.2, 0.25) is 0 Å². The molecule has 31 heavy (non-hydrogen) atoms. The predicted octanol–water partition coefficient (Wildman–Crippen LogP) is 7.21. The number of anilines is 2. The Morgan fingerprint density at radius 1 is 0.968 bits per heavy atom. The number of fused-ring (bicyclic) bond motifs is 1. The van der Waals surface area contributed by atoms with E-state index in [2.05, 4.69) is 96.5 Å². The molecule has 3 nitrogen and oxygen atoms in total. The number of nitrogens with zero attached hydrogens (tertiary/aromatic N) is 2. The monoisotopic (exact) mass is 429 g/mol. The van der Waals surface area contributed by atoms with Crippen molar-refractivity contribution in [2.45, 2.75) is 43.5 Å². The van der Waals surface area contributed by atoms with Gasteiger partial charge in [0.1, 0.15) is 0 Å². The topological polar surface area (TPSA) is 41.6 Å². The van der Waals surface area contributed by atoms with E-state index in [0.29, 0.717) is 0 Å². The third-order valence-corrected chi connectivity index (χ3v) is 7.54. The van der Waals surface area contributed by atoms with Crippen molar-refractivity contribution in [1.29, 1.82) is 0 Å². The second-order valence-corrected chi connectivity index (χ2v) is 9.16. The molecule has 0 unspecified atom stereocenters. The van der Waals surface area contributed by atoms with Gasteiger partial charge in [0, 0.05) is 41.1 Å². The summed E-state index contributed by atoms with van der Waals surface area (Å²) in [7, 11) is 0. The molecule has 4 rings (SSSR count). The fourth-order valence-electron chi connectivity index (χ4n) is 3.87. The zero-order valence-corrected chi connectivity index (χ0v) is 19.2. The average Bonchev–Trinajstić information content (AvgIpc) is 3.05. The lowest BCUT2D eigenvalue weighted by atomic mass is 9.97. The van der Waals surface area contributed by atoms with Crippen LogP contribution in [0.25, 0.3) is 11.1 Å². The SMILES string of the molecule is CCC(N)(CC)CSc1cc(N2CCC=Nc3ccccc32)ccc1-c1ccccc1. The van der Waals surface area contributed by atoms with E-state index in [1.54, 1.807) is 0 Å². The van der Waals surface area contributed by atoms with Crippen molar-refractivity contribution in [2.24, 2.45) is 10.7 Å². The molecule has 0 aliphatic carbocycles. The molecule has 3 aromatic carbocycles. The van der Waals surface area contributed by atoms with Gasteiger partial charge in [-0.25, -0.2) is 0 Å². The molecule has 4 heteroatoms. The molecule has 3 aromatic rings. The fraction of sp³-hybridized carbons (Fsp3) is 0.296. The summed E-state index contributed by atoms with van der Waals surface area (Å²) in [5.41, 5.74) is 12.4. The molecule has 1 heterocycles. The van der Waals surface area contributed by atoms with Gasteiger partial charge in [-0.2, -0.15) is 0 Å². The molecule has 0 amide bonds. The number of aliphatic imine (C=N–C) groups is 1. The number of thioether (sulfide) groups is 1. The lowest BCUT2D eigenvalue weighted by Gasteiger charge is -2.28. The molecule has 0 spiro atoms. The maximum atomic E-state index is 6.65. The minimum atomic E-state index is -0.141. The number of hydrogen-bond acceptors (Lipinski definition) is 4. The normalized spacial score (nSPS) is 13.7. The summed E-state index contributed by atoms with van der Waals surface area (Å²) in [5, 5.41) is 0. The van der Waals surface area contributed by atoms with E-state index in [0.717, 1.165) is 42.9 Å². The second kappa shape index (κ2) is 9.71. The van der Waals surface area contributed by atoms with Crippen LogP contribution in [0.2, 0.25) is 0 Å². The lowest BCUT2D eigenvalue weighted by Crippen LogP contribution is -2.40. The van der Waals surface area contributed by atoms with Crippen molar-refractivity contribution in [3.05, 3.63) is 72.8 Å². The summed E-state index contributed by atoms with van der Waals surface area (Å²) >= 11 is 1.88. The van der Waals surface area contributed by atoms with Gasteiger partial charge in [-0.05, 0) is 48.2 Å². The first-order valence-electron chi connectivity index (χ1n) is 11.1. The van der Waals surface area contributed by atoms with E-state index in [-0.39, 0.29) is 5.54 Å². The fourth-order valence-corrected chi connectivity index (χ4v) is 5.27. The highest BCUT2D eigenvalue weighted by Crippen LogP contribution is 2.40. The molecule has 0 saturated carbocycles. The van der Waals surface area contributed by atoms with Crippen LogP contribution in [0.1, 0.15) is 33.1 Å². The van der Waals surface area contributed by atoms with E-state index in [4.69, 9.17) is 5.73 Å². The summed E-state index contributed by atoms with van der Waals surface area (Å²) in [6.07, 6.45) is 4.91. The Balaban J connectivity index is 1.74. The average molecular weight is 430 g/mol. The van der Waals surface area contributed by atoms with Gasteiger partial charge in [0.05, 0.1) is 11.4 Å². The highest BCUT2D eigenvalue weighted by Gasteiger charge is 2.22. The Morgan fingerprint density at radius 3 is 2.48 bits per heavy atom. The molecule has 0 radical (unpaired) electrons. The van der Waals surface area contributed by atoms with Crippen LogP contribution >= 0.6 is 11.8 Å². The first-order valence-corrected chi connectivity index (χ1v) is 12.1. The number of para-hydroxylation sites is 2. The smallest absolute Gasteiger partial charge is 0.0862 e. The number of benzene rings is 3. The predicted molar refractivity (Wildman–Crippen MR) is 136 cm³/mol. The molecule has 1 aliphatic rings. The molecule has 0 atom stereocenters. The Labute approximate surface area is 190 Å². The Bertz CT molecular complexity index is 1040. The first kappa shape index (κ1) is 21.7. The number of hydrogen-bond donors (Lipinski definition) is 1. The highest BCUT2D eigenvalue weighted by atomic mass is 32.2. The molecule has 0 aromatic heterocycles. The quantitative estimate of drug-likeness (QED) is 0.404. The summed E-state index contributed by atoms with van der Waals surface area (Å²) < 4.78 is 0. The standard InChI is InChI=1S/C27H31N3S/c1-3-27(28,4-2)20-31-26-19-22(15-16-23(26)21-11-6-5-7-12-21)30-18-10-17-29-24-13-8-9-14-25(24)30/h5-9,11-17,19H,3-4,10,18,20,28H2,1-2H3. The molecule has 2 N–H and O–H groups in total. The van der Waals surface area contributed by atoms with Crippen LogP contribution < -0.4 is 10.6 Å². The molecule has 0 saturated heterocycles. The van der Waals surface area contributed by atoms with Gasteiger partial charge in [0.25, 0.3) is 0 Å². The maximum Gasteiger partial charge on any atom is 0.0862 e. The number of rotatable bonds is 7. The Hall–Kier alpha value is -2.56. The Kier molecular flexibility index (Phi) is 6.79. The van der Waals surface area contributed by atoms with Crippen LogP contribution in [0.5, 0.6) is 0 Å². The van der Waals surface area contributed by atoms with Crippen molar-refractivity contribution in [3.63, 3.8) is 0 Å². The molecule has 160 valence electrons. The third-order valence-electron chi connectivity index (χ3n) is 6.17. The third kappa shape index (κ3) is 4.86. The van der Waals surface area contributed by atoms with Gasteiger partial charge >= 0.3 is 0 Å². The van der Waals surface area contributed by atoms with Gasteiger partial charge in [-0.1, -0.05) is 62.4 Å².